The molecule has 0 aromatic carbocycles. The predicted molar refractivity (Wildman–Crippen MR) is 249 cm³/mol. The van der Waals surface area contributed by atoms with E-state index in [9.17, 15) is 19.0 Å². The fourth-order valence-electron chi connectivity index (χ4n) is 6.74. The number of hydrogen-bond donors (Lipinski definition) is 0. The van der Waals surface area contributed by atoms with Crippen LogP contribution in [0.25, 0.3) is 0 Å². The molecule has 0 saturated carbocycles. The van der Waals surface area contributed by atoms with Gasteiger partial charge in [0.05, 0.1) is 40.0 Å². The molecule has 354 valence electrons. The molecule has 1 fully saturated rings. The minimum atomic E-state index is -4.65. The molecule has 0 radical (unpaired) electrons. The van der Waals surface area contributed by atoms with E-state index in [0.29, 0.717) is 23.9 Å². The monoisotopic (exact) mass is 880 g/mol. The van der Waals surface area contributed by atoms with Gasteiger partial charge in [-0.1, -0.05) is 152 Å². The van der Waals surface area contributed by atoms with Crippen LogP contribution in [0.4, 0.5) is 0 Å². The molecule has 0 aromatic heterocycles. The molecule has 1 rings (SSSR count). The van der Waals surface area contributed by atoms with E-state index in [2.05, 4.69) is 56.4 Å². The molecular weight excluding hydrogens is 790 g/mol. The Bertz CT molecular complexity index is 1240. The van der Waals surface area contributed by atoms with Crippen LogP contribution in [0.3, 0.4) is 0 Å². The average Bonchev–Trinajstić information content (AvgIpc) is 3.97. The van der Waals surface area contributed by atoms with Crippen LogP contribution < -0.4 is 4.89 Å². The molecule has 0 aliphatic carbocycles. The highest BCUT2D eigenvalue weighted by molar-refractivity contribution is 7.45. The summed E-state index contributed by atoms with van der Waals surface area (Å²) in [5, 5.41) is 0. The van der Waals surface area contributed by atoms with Crippen molar-refractivity contribution in [1.29, 1.82) is 0 Å². The second-order valence-electron chi connectivity index (χ2n) is 17.9. The van der Waals surface area contributed by atoms with E-state index >= 15 is 0 Å². The molecule has 1 aliphatic heterocycles. The molecule has 0 N–H and O–H groups in total. The Morgan fingerprint density at radius 3 is 1.66 bits per heavy atom. The number of nitrogens with zero attached hydrogens (tertiary/aromatic N) is 1. The van der Waals surface area contributed by atoms with Crippen LogP contribution in [-0.2, 0) is 37.4 Å². The third-order valence-corrected chi connectivity index (χ3v) is 11.7. The molecule has 1 saturated heterocycles. The second-order valence-corrected chi connectivity index (χ2v) is 19.3. The summed E-state index contributed by atoms with van der Waals surface area (Å²) in [5.41, 5.74) is 0. The molecule has 0 aromatic rings. The first kappa shape index (κ1) is 56.9. The van der Waals surface area contributed by atoms with Crippen molar-refractivity contribution in [3.8, 4) is 0 Å². The van der Waals surface area contributed by atoms with Gasteiger partial charge in [-0.05, 0) is 77.0 Å². The highest BCUT2D eigenvalue weighted by Crippen LogP contribution is 2.38. The summed E-state index contributed by atoms with van der Waals surface area (Å²) < 4.78 is 39.7. The number of allylic oxidation sites excluding steroid dienone is 6. The topological polar surface area (TPSA) is 124 Å². The lowest BCUT2D eigenvalue weighted by Crippen LogP contribution is -2.37. The maximum absolute atomic E-state index is 12.7. The lowest BCUT2D eigenvalue weighted by atomic mass is 10.1. The number of carbonyl (C=O) groups excluding carboxylic acids is 2. The zero-order chi connectivity index (χ0) is 44.7. The van der Waals surface area contributed by atoms with Crippen molar-refractivity contribution in [3.05, 3.63) is 48.6 Å². The Labute approximate surface area is 373 Å². The van der Waals surface area contributed by atoms with E-state index in [1.165, 1.54) is 103 Å². The highest BCUT2D eigenvalue weighted by atomic mass is 31.2. The Morgan fingerprint density at radius 2 is 1.05 bits per heavy atom. The molecule has 1 heterocycles. The quantitative estimate of drug-likeness (QED) is 0.0147. The van der Waals surface area contributed by atoms with Gasteiger partial charge in [-0.25, -0.2) is 0 Å². The third kappa shape index (κ3) is 39.3. The van der Waals surface area contributed by atoms with E-state index in [1.807, 2.05) is 27.2 Å². The minimum Gasteiger partial charge on any atom is -0.756 e. The van der Waals surface area contributed by atoms with Gasteiger partial charge in [-0.3, -0.25) is 14.2 Å². The van der Waals surface area contributed by atoms with Gasteiger partial charge in [0.2, 0.25) is 0 Å². The van der Waals surface area contributed by atoms with Crippen LogP contribution in [0.1, 0.15) is 194 Å². The van der Waals surface area contributed by atoms with Gasteiger partial charge in [0, 0.05) is 12.8 Å². The van der Waals surface area contributed by atoms with E-state index in [0.717, 1.165) is 51.4 Å². The summed E-state index contributed by atoms with van der Waals surface area (Å²) >= 11 is 0. The lowest BCUT2D eigenvalue weighted by Gasteiger charge is -2.28. The van der Waals surface area contributed by atoms with Crippen molar-refractivity contribution < 1.29 is 46.8 Å². The van der Waals surface area contributed by atoms with Gasteiger partial charge in [-0.2, -0.15) is 0 Å². The van der Waals surface area contributed by atoms with E-state index in [-0.39, 0.29) is 38.3 Å². The maximum Gasteiger partial charge on any atom is 0.306 e. The first-order chi connectivity index (χ1) is 29.5. The molecule has 4 atom stereocenters. The number of unbranched alkanes of at least 4 members (excludes halogenated alkanes) is 19. The van der Waals surface area contributed by atoms with Crippen LogP contribution in [0.5, 0.6) is 0 Å². The number of phosphoric acid groups is 1. The molecule has 1 aliphatic rings. The van der Waals surface area contributed by atoms with Crippen molar-refractivity contribution in [2.24, 2.45) is 0 Å². The van der Waals surface area contributed by atoms with Crippen LogP contribution in [0, 0.1) is 0 Å². The Kier molecular flexibility index (Phi) is 35.8. The van der Waals surface area contributed by atoms with Gasteiger partial charge in [-0.15, -0.1) is 0 Å². The van der Waals surface area contributed by atoms with Crippen LogP contribution in [0.15, 0.2) is 48.6 Å². The number of quaternary nitrogens is 1. The van der Waals surface area contributed by atoms with Gasteiger partial charge in [0.15, 0.2) is 6.10 Å². The van der Waals surface area contributed by atoms with E-state index in [1.54, 1.807) is 0 Å². The molecule has 0 amide bonds. The number of epoxide rings is 1. The van der Waals surface area contributed by atoms with Crippen molar-refractivity contribution in [1.82, 2.24) is 0 Å². The molecule has 0 bridgehead atoms. The van der Waals surface area contributed by atoms with Crippen molar-refractivity contribution in [3.63, 3.8) is 0 Å². The predicted octanol–water partition coefficient (Wildman–Crippen LogP) is 12.6. The average molecular weight is 880 g/mol. The number of ether oxygens (including phenoxy) is 3. The van der Waals surface area contributed by atoms with Gasteiger partial charge in [0.1, 0.15) is 19.8 Å². The van der Waals surface area contributed by atoms with Crippen LogP contribution in [0.2, 0.25) is 0 Å². The molecule has 3 unspecified atom stereocenters. The summed E-state index contributed by atoms with van der Waals surface area (Å²) in [4.78, 5) is 37.7. The number of hydrogen-bond acceptors (Lipinski definition) is 9. The summed E-state index contributed by atoms with van der Waals surface area (Å²) in [5.74, 6) is -0.909. The van der Waals surface area contributed by atoms with E-state index in [4.69, 9.17) is 23.3 Å². The van der Waals surface area contributed by atoms with Crippen molar-refractivity contribution in [2.45, 2.75) is 212 Å². The molecule has 0 spiro atoms. The number of phosphoric ester groups is 1. The SMILES string of the molecule is CCCCC/C=C\C/C=C\CC1OC1C/C=C\CCCC(=O)O[C@H](COC(=O)CCCCCCCCCCC/C=C\CCCCCCCC)COP(=O)([O-])OCC[N+](C)(C)C. The second kappa shape index (κ2) is 38.4. The summed E-state index contributed by atoms with van der Waals surface area (Å²) in [6.45, 7) is 4.12. The number of rotatable bonds is 43. The van der Waals surface area contributed by atoms with E-state index < -0.39 is 32.5 Å². The number of likely N-dealkylation sites (N-methyl/N-ethyl adjacent to an activating group) is 1. The number of carbonyl (C=O) groups is 2. The molecule has 61 heavy (non-hydrogen) atoms. The summed E-state index contributed by atoms with van der Waals surface area (Å²) in [7, 11) is 1.12. The molecular formula is C50H90NO9P. The fraction of sp³-hybridized carbons (Fsp3) is 0.800. The smallest absolute Gasteiger partial charge is 0.306 e. The summed E-state index contributed by atoms with van der Waals surface area (Å²) in [6, 6.07) is 0. The van der Waals surface area contributed by atoms with Gasteiger partial charge in [0.25, 0.3) is 7.82 Å². The van der Waals surface area contributed by atoms with Gasteiger partial charge >= 0.3 is 11.9 Å². The Balaban J connectivity index is 2.28. The minimum absolute atomic E-state index is 0.0454. The molecule has 11 heteroatoms. The first-order valence-electron chi connectivity index (χ1n) is 24.5. The largest absolute Gasteiger partial charge is 0.756 e. The maximum atomic E-state index is 12.7. The lowest BCUT2D eigenvalue weighted by molar-refractivity contribution is -0.870. The standard InChI is InChI=1S/C50H90NO9P/c1-6-8-10-12-14-16-17-18-19-20-21-22-23-24-25-27-29-31-36-40-49(52)56-44-46(45-58-61(54,55)57-43-42-51(3,4)5)59-50(53)41-37-33-32-35-39-48-47(60-48)38-34-30-28-26-15-13-11-9-7-2/h15,18-19,26,30,32,34-35,46-48H,6-14,16-17,20-25,27-29,31,33,36-45H2,1-5H3/b19-18-,26-15-,34-30-,35-32-/t46-,47?,48?/m1/s1. The summed E-state index contributed by atoms with van der Waals surface area (Å²) in [6.07, 6.45) is 47.4. The van der Waals surface area contributed by atoms with Gasteiger partial charge < -0.3 is 32.6 Å². The zero-order valence-corrected chi connectivity index (χ0v) is 40.4. The Morgan fingerprint density at radius 1 is 0.590 bits per heavy atom. The van der Waals surface area contributed by atoms with Crippen LogP contribution in [-0.4, -0.2) is 82.2 Å². The van der Waals surface area contributed by atoms with Crippen LogP contribution >= 0.6 is 7.82 Å². The Hall–Kier alpha value is -2.07. The fourth-order valence-corrected chi connectivity index (χ4v) is 7.47. The number of esters is 2. The molecule has 10 nitrogen and oxygen atoms in total. The highest BCUT2D eigenvalue weighted by Gasteiger charge is 2.36. The van der Waals surface area contributed by atoms with Crippen molar-refractivity contribution in [2.75, 3.05) is 47.5 Å². The van der Waals surface area contributed by atoms with Crippen molar-refractivity contribution >= 4 is 19.8 Å². The normalized spacial score (nSPS) is 17.2. The zero-order valence-electron chi connectivity index (χ0n) is 39.5. The first-order valence-corrected chi connectivity index (χ1v) is 25.9. The third-order valence-electron chi connectivity index (χ3n) is 10.7.